The number of hydrogen-bond donors (Lipinski definition) is 0. The molecule has 0 aliphatic heterocycles. The predicted molar refractivity (Wildman–Crippen MR) is 62.1 cm³/mol. The van der Waals surface area contributed by atoms with Crippen LogP contribution >= 0.6 is 8.19 Å². The first-order valence-corrected chi connectivity index (χ1v) is 5.97. The van der Waals surface area contributed by atoms with Gasteiger partial charge in [-0.1, -0.05) is 37.6 Å². The summed E-state index contributed by atoms with van der Waals surface area (Å²) in [5.74, 6) is 0. The molecule has 0 amide bonds. The van der Waals surface area contributed by atoms with E-state index in [-0.39, 0.29) is 0 Å². The van der Waals surface area contributed by atoms with Crippen molar-refractivity contribution in [3.63, 3.8) is 0 Å². The zero-order valence-electron chi connectivity index (χ0n) is 8.01. The van der Waals surface area contributed by atoms with Crippen molar-refractivity contribution in [3.8, 4) is 0 Å². The number of hydrogen-bond acceptors (Lipinski definition) is 0. The Labute approximate surface area is 81.1 Å². The number of fused-ring (bicyclic) bond motifs is 1. The molecule has 1 atom stereocenters. The molecule has 0 saturated heterocycles. The van der Waals surface area contributed by atoms with Gasteiger partial charge >= 0.3 is 0 Å². The molecular weight excluding hydrogens is 175 g/mol. The molecule has 2 rings (SSSR count). The second kappa shape index (κ2) is 3.98. The van der Waals surface area contributed by atoms with E-state index < -0.39 is 0 Å². The van der Waals surface area contributed by atoms with Gasteiger partial charge in [-0.2, -0.15) is 0 Å². The molecule has 1 unspecified atom stereocenters. The fourth-order valence-corrected chi connectivity index (χ4v) is 2.99. The van der Waals surface area contributed by atoms with Gasteiger partial charge in [-0.25, -0.2) is 0 Å². The lowest BCUT2D eigenvalue weighted by molar-refractivity contribution is 0.804. The van der Waals surface area contributed by atoms with Crippen LogP contribution in [-0.4, -0.2) is 0 Å². The third-order valence-corrected chi connectivity index (χ3v) is 3.83. The normalized spacial score (nSPS) is 11.5. The second-order valence-corrected chi connectivity index (χ2v) is 4.92. The molecule has 2 aromatic rings. The van der Waals surface area contributed by atoms with E-state index in [0.717, 1.165) is 8.19 Å². The maximum Gasteiger partial charge on any atom is -0.00156 e. The van der Waals surface area contributed by atoms with Gasteiger partial charge in [0.05, 0.1) is 0 Å². The van der Waals surface area contributed by atoms with Crippen LogP contribution in [0.1, 0.15) is 25.1 Å². The summed E-state index contributed by atoms with van der Waals surface area (Å²) in [6.07, 6.45) is 3.94. The highest BCUT2D eigenvalue weighted by molar-refractivity contribution is 7.38. The van der Waals surface area contributed by atoms with E-state index in [1.165, 1.54) is 29.8 Å². The minimum Gasteiger partial charge on any atom is -0.128 e. The smallest absolute Gasteiger partial charge is 0.00156 e. The van der Waals surface area contributed by atoms with Crippen LogP contribution in [0, 0.1) is 0 Å². The summed E-state index contributed by atoms with van der Waals surface area (Å²) in [6, 6.07) is 11.1. The molecule has 0 fully saturated rings. The molecule has 68 valence electrons. The summed E-state index contributed by atoms with van der Waals surface area (Å²) in [5.41, 5.74) is 0. The van der Waals surface area contributed by atoms with E-state index >= 15 is 0 Å². The van der Waals surface area contributed by atoms with Crippen molar-refractivity contribution < 1.29 is 0 Å². The second-order valence-electron chi connectivity index (χ2n) is 3.49. The fraction of sp³-hybridized carbons (Fsp3) is 0.333. The van der Waals surface area contributed by atoms with Crippen molar-refractivity contribution in [2.75, 3.05) is 0 Å². The Morgan fingerprint density at radius 1 is 1.23 bits per heavy atom. The standard InChI is InChI=1S/C12H15P/c1-2-3-7-11-9-10-6-4-5-8-12(10)13-11/h4-6,8-9,13H,2-3,7H2,1H3. The molecule has 0 nitrogen and oxygen atoms in total. The molecular formula is C12H15P. The SMILES string of the molecule is CCCCc1cc2ccccc2[pH]1. The quantitative estimate of drug-likeness (QED) is 0.680. The molecule has 1 heterocycles. The van der Waals surface area contributed by atoms with Gasteiger partial charge < -0.3 is 0 Å². The minimum atomic E-state index is 0.942. The molecule has 1 aromatic carbocycles. The van der Waals surface area contributed by atoms with Crippen LogP contribution < -0.4 is 0 Å². The van der Waals surface area contributed by atoms with Crippen LogP contribution in [0.15, 0.2) is 30.3 Å². The van der Waals surface area contributed by atoms with Crippen LogP contribution in [0.25, 0.3) is 10.5 Å². The Hall–Kier alpha value is -0.740. The van der Waals surface area contributed by atoms with Crippen molar-refractivity contribution in [2.45, 2.75) is 26.2 Å². The highest BCUT2D eigenvalue weighted by Crippen LogP contribution is 2.30. The maximum absolute atomic E-state index is 2.38. The van der Waals surface area contributed by atoms with Gasteiger partial charge in [0, 0.05) is 0 Å². The summed E-state index contributed by atoms with van der Waals surface area (Å²) >= 11 is 0. The van der Waals surface area contributed by atoms with E-state index in [9.17, 15) is 0 Å². The van der Waals surface area contributed by atoms with Crippen LogP contribution in [0.2, 0.25) is 0 Å². The van der Waals surface area contributed by atoms with Gasteiger partial charge in [0.1, 0.15) is 0 Å². The molecule has 0 saturated carbocycles. The van der Waals surface area contributed by atoms with E-state index in [1.807, 2.05) is 0 Å². The van der Waals surface area contributed by atoms with Gasteiger partial charge in [-0.3, -0.25) is 0 Å². The lowest BCUT2D eigenvalue weighted by Crippen LogP contribution is -1.75. The van der Waals surface area contributed by atoms with Crippen molar-refractivity contribution in [1.29, 1.82) is 0 Å². The Morgan fingerprint density at radius 3 is 2.85 bits per heavy atom. The Kier molecular flexibility index (Phi) is 2.71. The van der Waals surface area contributed by atoms with Gasteiger partial charge in [-0.15, -0.1) is 8.19 Å². The van der Waals surface area contributed by atoms with E-state index in [2.05, 4.69) is 37.3 Å². The lowest BCUT2D eigenvalue weighted by Gasteiger charge is -1.91. The summed E-state index contributed by atoms with van der Waals surface area (Å²) in [5, 5.41) is 4.63. The first kappa shape index (κ1) is 8.84. The Bertz CT molecular complexity index is 354. The molecule has 1 heteroatoms. The van der Waals surface area contributed by atoms with Crippen molar-refractivity contribution in [2.24, 2.45) is 0 Å². The topological polar surface area (TPSA) is 0 Å². The van der Waals surface area contributed by atoms with Crippen molar-refractivity contribution in [1.82, 2.24) is 0 Å². The number of benzene rings is 1. The molecule has 0 aliphatic rings. The molecule has 0 spiro atoms. The van der Waals surface area contributed by atoms with Crippen LogP contribution in [-0.2, 0) is 6.42 Å². The summed E-state index contributed by atoms with van der Waals surface area (Å²) < 4.78 is 0. The Morgan fingerprint density at radius 2 is 2.08 bits per heavy atom. The van der Waals surface area contributed by atoms with Crippen molar-refractivity contribution >= 4 is 18.7 Å². The summed E-state index contributed by atoms with van der Waals surface area (Å²) in [6.45, 7) is 2.26. The van der Waals surface area contributed by atoms with E-state index in [4.69, 9.17) is 0 Å². The monoisotopic (exact) mass is 190 g/mol. The fourth-order valence-electron chi connectivity index (χ4n) is 1.64. The zero-order chi connectivity index (χ0) is 9.10. The van der Waals surface area contributed by atoms with E-state index in [1.54, 1.807) is 5.30 Å². The third-order valence-electron chi connectivity index (χ3n) is 2.39. The van der Waals surface area contributed by atoms with Gasteiger partial charge in [0.25, 0.3) is 0 Å². The first-order valence-electron chi connectivity index (χ1n) is 4.97. The number of unbranched alkanes of at least 4 members (excludes halogenated alkanes) is 1. The largest absolute Gasteiger partial charge is 0.128 e. The van der Waals surface area contributed by atoms with Gasteiger partial charge in [-0.05, 0) is 34.7 Å². The number of aryl methyl sites for hydroxylation is 1. The van der Waals surface area contributed by atoms with Crippen molar-refractivity contribution in [3.05, 3.63) is 35.6 Å². The predicted octanol–water partition coefficient (Wildman–Crippen LogP) is 4.21. The zero-order valence-corrected chi connectivity index (χ0v) is 9.01. The van der Waals surface area contributed by atoms with E-state index in [0.29, 0.717) is 0 Å². The molecule has 0 radical (unpaired) electrons. The molecule has 0 N–H and O–H groups in total. The highest BCUT2D eigenvalue weighted by Gasteiger charge is 1.98. The average Bonchev–Trinajstić information content (AvgIpc) is 2.57. The first-order chi connectivity index (χ1) is 6.40. The Balaban J connectivity index is 2.28. The molecule has 13 heavy (non-hydrogen) atoms. The third kappa shape index (κ3) is 1.95. The van der Waals surface area contributed by atoms with Crippen LogP contribution in [0.3, 0.4) is 0 Å². The number of rotatable bonds is 3. The lowest BCUT2D eigenvalue weighted by atomic mass is 10.2. The van der Waals surface area contributed by atoms with Crippen LogP contribution in [0.4, 0.5) is 0 Å². The van der Waals surface area contributed by atoms with Gasteiger partial charge in [0.15, 0.2) is 0 Å². The molecule has 1 aromatic heterocycles. The average molecular weight is 190 g/mol. The highest BCUT2D eigenvalue weighted by atomic mass is 31.0. The van der Waals surface area contributed by atoms with Crippen LogP contribution in [0.5, 0.6) is 0 Å². The molecule has 0 bridgehead atoms. The summed E-state index contributed by atoms with van der Waals surface area (Å²) in [7, 11) is 0.942. The minimum absolute atomic E-state index is 0.942. The summed E-state index contributed by atoms with van der Waals surface area (Å²) in [4.78, 5) is 0. The van der Waals surface area contributed by atoms with Gasteiger partial charge in [0.2, 0.25) is 0 Å². The maximum atomic E-state index is 2.38. The molecule has 0 aliphatic carbocycles.